The van der Waals surface area contributed by atoms with E-state index in [1.54, 1.807) is 0 Å². The third-order valence-corrected chi connectivity index (χ3v) is 4.30. The van der Waals surface area contributed by atoms with Crippen molar-refractivity contribution in [1.29, 1.82) is 0 Å². The molecule has 3 N–H and O–H groups in total. The minimum Gasteiger partial charge on any atom is -0.397 e. The fourth-order valence-electron chi connectivity index (χ4n) is 2.04. The first-order valence-electron chi connectivity index (χ1n) is 5.56. The van der Waals surface area contributed by atoms with E-state index in [-0.39, 0.29) is 28.1 Å². The summed E-state index contributed by atoms with van der Waals surface area (Å²) in [7, 11) is -4.33. The average molecular weight is 305 g/mol. The van der Waals surface area contributed by atoms with Crippen LogP contribution in [0, 0.1) is 5.92 Å². The highest BCUT2D eigenvalue weighted by Crippen LogP contribution is 2.32. The van der Waals surface area contributed by atoms with Gasteiger partial charge in [0.05, 0.1) is 16.3 Å². The van der Waals surface area contributed by atoms with Gasteiger partial charge in [0.15, 0.2) is 0 Å². The summed E-state index contributed by atoms with van der Waals surface area (Å²) in [5.41, 5.74) is 6.32. The van der Waals surface area contributed by atoms with Crippen LogP contribution < -0.4 is 10.6 Å². The molecule has 1 aromatic rings. The molecule has 0 bridgehead atoms. The van der Waals surface area contributed by atoms with Crippen LogP contribution in [0.15, 0.2) is 23.1 Å². The Labute approximate surface area is 115 Å². The van der Waals surface area contributed by atoms with Gasteiger partial charge in [0.1, 0.15) is 0 Å². The number of carbonyl (C=O) groups excluding carboxylic acids is 1. The third-order valence-electron chi connectivity index (χ3n) is 3.01. The molecule has 6 nitrogen and oxygen atoms in total. The number of nitrogens with zero attached hydrogens (tertiary/aromatic N) is 1. The number of anilines is 2. The van der Waals surface area contributed by atoms with E-state index in [0.717, 1.165) is 0 Å². The summed E-state index contributed by atoms with van der Waals surface area (Å²) in [5, 5.41) is 0. The van der Waals surface area contributed by atoms with E-state index >= 15 is 0 Å². The Hall–Kier alpha value is -1.31. The highest BCUT2D eigenvalue weighted by molar-refractivity contribution is 7.85. The second-order valence-electron chi connectivity index (χ2n) is 4.42. The summed E-state index contributed by atoms with van der Waals surface area (Å²) < 4.78 is 31.2. The Kier molecular flexibility index (Phi) is 3.71. The Morgan fingerprint density at radius 3 is 2.68 bits per heavy atom. The summed E-state index contributed by atoms with van der Waals surface area (Å²) >= 11 is 5.72. The molecule has 0 spiro atoms. The Morgan fingerprint density at radius 2 is 2.16 bits per heavy atom. The van der Waals surface area contributed by atoms with E-state index in [9.17, 15) is 13.2 Å². The first kappa shape index (κ1) is 14.1. The summed E-state index contributed by atoms with van der Waals surface area (Å²) in [6.07, 6.45) is 0.305. The van der Waals surface area contributed by atoms with Gasteiger partial charge in [-0.1, -0.05) is 0 Å². The molecule has 1 aliphatic rings. The van der Waals surface area contributed by atoms with E-state index in [1.165, 1.54) is 23.1 Å². The molecule has 1 saturated heterocycles. The number of rotatable bonds is 3. The van der Waals surface area contributed by atoms with Gasteiger partial charge in [-0.3, -0.25) is 9.35 Å². The van der Waals surface area contributed by atoms with Gasteiger partial charge in [-0.05, 0) is 24.1 Å². The third kappa shape index (κ3) is 2.83. The molecule has 2 rings (SSSR count). The van der Waals surface area contributed by atoms with Crippen molar-refractivity contribution in [2.45, 2.75) is 11.3 Å². The Morgan fingerprint density at radius 1 is 1.47 bits per heavy atom. The molecular formula is C11H13ClN2O4S. The molecule has 104 valence electrons. The molecule has 1 atom stereocenters. The largest absolute Gasteiger partial charge is 0.397 e. The van der Waals surface area contributed by atoms with E-state index in [1.807, 2.05) is 0 Å². The van der Waals surface area contributed by atoms with Crippen LogP contribution in [0.3, 0.4) is 0 Å². The normalized spacial score (nSPS) is 20.0. The van der Waals surface area contributed by atoms with Gasteiger partial charge in [-0.15, -0.1) is 11.6 Å². The van der Waals surface area contributed by atoms with Gasteiger partial charge in [-0.25, -0.2) is 0 Å². The number of nitrogen functional groups attached to an aromatic ring is 1. The molecule has 1 unspecified atom stereocenters. The van der Waals surface area contributed by atoms with Gasteiger partial charge >= 0.3 is 0 Å². The minimum absolute atomic E-state index is 0.0166. The summed E-state index contributed by atoms with van der Waals surface area (Å²) in [6, 6.07) is 3.73. The molecule has 0 saturated carbocycles. The van der Waals surface area contributed by atoms with Crippen LogP contribution >= 0.6 is 11.6 Å². The van der Waals surface area contributed by atoms with Gasteiger partial charge in [-0.2, -0.15) is 8.42 Å². The zero-order valence-corrected chi connectivity index (χ0v) is 11.5. The highest BCUT2D eigenvalue weighted by atomic mass is 35.5. The van der Waals surface area contributed by atoms with Crippen LogP contribution in [0.1, 0.15) is 6.42 Å². The lowest BCUT2D eigenvalue weighted by Crippen LogP contribution is -2.26. The second kappa shape index (κ2) is 4.99. The number of halogens is 1. The highest BCUT2D eigenvalue weighted by Gasteiger charge is 2.31. The molecule has 19 heavy (non-hydrogen) atoms. The van der Waals surface area contributed by atoms with Crippen molar-refractivity contribution in [2.75, 3.05) is 23.1 Å². The fraction of sp³-hybridized carbons (Fsp3) is 0.364. The maximum atomic E-state index is 11.9. The maximum Gasteiger partial charge on any atom is 0.294 e. The lowest BCUT2D eigenvalue weighted by Gasteiger charge is -2.19. The van der Waals surface area contributed by atoms with Gasteiger partial charge in [0, 0.05) is 18.8 Å². The molecule has 0 radical (unpaired) electrons. The van der Waals surface area contributed by atoms with E-state index in [0.29, 0.717) is 18.8 Å². The van der Waals surface area contributed by atoms with Crippen LogP contribution in [-0.4, -0.2) is 31.3 Å². The zero-order valence-electron chi connectivity index (χ0n) is 9.91. The zero-order chi connectivity index (χ0) is 14.2. The van der Waals surface area contributed by atoms with Crippen molar-refractivity contribution in [1.82, 2.24) is 0 Å². The first-order valence-corrected chi connectivity index (χ1v) is 7.53. The van der Waals surface area contributed by atoms with Crippen molar-refractivity contribution in [3.63, 3.8) is 0 Å². The number of alkyl halides is 1. The number of carbonyl (C=O) groups is 1. The predicted octanol–water partition coefficient (Wildman–Crippen LogP) is 1.11. The number of benzene rings is 1. The topological polar surface area (TPSA) is 101 Å². The monoisotopic (exact) mass is 304 g/mol. The SMILES string of the molecule is Nc1ccc(S(=O)(=O)O)cc1N1CC(CCl)CC1=O. The standard InChI is InChI=1S/C11H13ClN2O4S/c12-5-7-3-11(15)14(6-7)10-4-8(19(16,17)18)1-2-9(10)13/h1-2,4,7H,3,5-6,13H2,(H,16,17,18). The van der Waals surface area contributed by atoms with E-state index in [2.05, 4.69) is 0 Å². The number of amides is 1. The smallest absolute Gasteiger partial charge is 0.294 e. The van der Waals surface area contributed by atoms with Gasteiger partial charge in [0.25, 0.3) is 10.1 Å². The quantitative estimate of drug-likeness (QED) is 0.495. The fourth-order valence-corrected chi connectivity index (χ4v) is 2.74. The van der Waals surface area contributed by atoms with Gasteiger partial charge < -0.3 is 10.6 Å². The molecule has 0 aromatic heterocycles. The lowest BCUT2D eigenvalue weighted by atomic mass is 10.1. The van der Waals surface area contributed by atoms with Crippen molar-refractivity contribution in [2.24, 2.45) is 5.92 Å². The molecular weight excluding hydrogens is 292 g/mol. The van der Waals surface area contributed by atoms with Crippen LogP contribution in [0.5, 0.6) is 0 Å². The molecule has 8 heteroatoms. The molecule has 1 amide bonds. The molecule has 1 aliphatic heterocycles. The molecule has 1 heterocycles. The van der Waals surface area contributed by atoms with Crippen molar-refractivity contribution < 1.29 is 17.8 Å². The summed E-state index contributed by atoms with van der Waals surface area (Å²) in [6.45, 7) is 0.390. The Balaban J connectivity index is 2.42. The van der Waals surface area contributed by atoms with E-state index in [4.69, 9.17) is 21.9 Å². The van der Waals surface area contributed by atoms with E-state index < -0.39 is 10.1 Å². The maximum absolute atomic E-state index is 11.9. The summed E-state index contributed by atoms with van der Waals surface area (Å²) in [4.78, 5) is 13.0. The van der Waals surface area contributed by atoms with Crippen LogP contribution in [0.25, 0.3) is 0 Å². The molecule has 1 aromatic carbocycles. The lowest BCUT2D eigenvalue weighted by molar-refractivity contribution is -0.117. The van der Waals surface area contributed by atoms with Crippen LogP contribution in [-0.2, 0) is 14.9 Å². The van der Waals surface area contributed by atoms with Crippen LogP contribution in [0.2, 0.25) is 0 Å². The number of hydrogen-bond acceptors (Lipinski definition) is 4. The van der Waals surface area contributed by atoms with Crippen molar-refractivity contribution in [3.05, 3.63) is 18.2 Å². The molecule has 0 aliphatic carbocycles. The molecule has 1 fully saturated rings. The minimum atomic E-state index is -4.33. The average Bonchev–Trinajstić information content (AvgIpc) is 2.69. The van der Waals surface area contributed by atoms with Crippen molar-refractivity contribution >= 4 is 39.0 Å². The number of hydrogen-bond donors (Lipinski definition) is 2. The first-order chi connectivity index (χ1) is 8.82. The predicted molar refractivity (Wildman–Crippen MR) is 71.8 cm³/mol. The van der Waals surface area contributed by atoms with Crippen LogP contribution in [0.4, 0.5) is 11.4 Å². The Bertz CT molecular complexity index is 617. The van der Waals surface area contributed by atoms with Gasteiger partial charge in [0.2, 0.25) is 5.91 Å². The summed E-state index contributed by atoms with van der Waals surface area (Å²) in [5.74, 6) is 0.202. The number of nitrogens with two attached hydrogens (primary N) is 1. The second-order valence-corrected chi connectivity index (χ2v) is 6.15. The van der Waals surface area contributed by atoms with Crippen molar-refractivity contribution in [3.8, 4) is 0 Å².